The Kier molecular flexibility index (Phi) is 4.99. The van der Waals surface area contributed by atoms with Gasteiger partial charge in [0, 0.05) is 11.5 Å². The largest absolute Gasteiger partial charge is 0.348 e. The lowest BCUT2D eigenvalue weighted by Crippen LogP contribution is -2.31. The maximum atomic E-state index is 13.8. The molecule has 1 aromatic rings. The minimum Gasteiger partial charge on any atom is -0.348 e. The van der Waals surface area contributed by atoms with Gasteiger partial charge in [-0.15, -0.1) is 0 Å². The number of ether oxygens (including phenoxy) is 2. The molecule has 1 aromatic carbocycles. The number of benzene rings is 1. The first-order chi connectivity index (χ1) is 10.9. The quantitative estimate of drug-likeness (QED) is 0.512. The number of hydrogen-bond acceptors (Lipinski definition) is 2. The van der Waals surface area contributed by atoms with Crippen LogP contribution in [0.3, 0.4) is 0 Å². The van der Waals surface area contributed by atoms with Gasteiger partial charge in [0.2, 0.25) is 0 Å². The molecule has 2 aliphatic rings. The molecule has 1 heterocycles. The topological polar surface area (TPSA) is 18.5 Å². The highest BCUT2D eigenvalue weighted by atomic mass is 79.9. The minimum atomic E-state index is -3.76. The molecule has 23 heavy (non-hydrogen) atoms. The second-order valence-electron chi connectivity index (χ2n) is 6.16. The van der Waals surface area contributed by atoms with Gasteiger partial charge in [-0.05, 0) is 34.0 Å². The van der Waals surface area contributed by atoms with Crippen LogP contribution in [-0.2, 0) is 14.3 Å². The summed E-state index contributed by atoms with van der Waals surface area (Å²) in [7, 11) is 0. The molecule has 1 saturated carbocycles. The third kappa shape index (κ3) is 3.72. The van der Waals surface area contributed by atoms with Crippen LogP contribution in [-0.4, -0.2) is 13.2 Å². The van der Waals surface area contributed by atoms with Gasteiger partial charge in [0.05, 0.1) is 13.2 Å². The SMILES string of the molecule is Fc1cc(C2OCC(C3CCCC3)CO2)cc(F)c1C(F)(F)Br. The van der Waals surface area contributed by atoms with Crippen molar-refractivity contribution in [2.75, 3.05) is 13.2 Å². The van der Waals surface area contributed by atoms with Gasteiger partial charge in [-0.3, -0.25) is 0 Å². The normalized spacial score (nSPS) is 26.7. The lowest BCUT2D eigenvalue weighted by molar-refractivity contribution is -0.212. The van der Waals surface area contributed by atoms with Crippen LogP contribution in [0.5, 0.6) is 0 Å². The van der Waals surface area contributed by atoms with E-state index in [1.807, 2.05) is 15.9 Å². The fourth-order valence-electron chi connectivity index (χ4n) is 3.41. The molecule has 3 rings (SSSR count). The Hall–Kier alpha value is -0.660. The van der Waals surface area contributed by atoms with Crippen LogP contribution in [0.15, 0.2) is 12.1 Å². The van der Waals surface area contributed by atoms with E-state index in [4.69, 9.17) is 9.47 Å². The molecule has 0 aromatic heterocycles. The van der Waals surface area contributed by atoms with Crippen LogP contribution >= 0.6 is 15.9 Å². The van der Waals surface area contributed by atoms with Crippen molar-refractivity contribution >= 4 is 15.9 Å². The molecular weight excluding hydrogens is 380 g/mol. The second-order valence-corrected chi connectivity index (χ2v) is 7.16. The van der Waals surface area contributed by atoms with Gasteiger partial charge >= 0.3 is 4.83 Å². The van der Waals surface area contributed by atoms with Gasteiger partial charge in [-0.1, -0.05) is 25.7 Å². The number of hydrogen-bond donors (Lipinski definition) is 0. The standard InChI is InChI=1S/C16H17BrF4O2/c17-16(20,21)14-12(18)5-10(6-13(14)19)15-22-7-11(8-23-15)9-3-1-2-4-9/h5-6,9,11,15H,1-4,7-8H2. The summed E-state index contributed by atoms with van der Waals surface area (Å²) in [6, 6.07) is 1.68. The van der Waals surface area contributed by atoms with Crippen molar-refractivity contribution in [1.82, 2.24) is 0 Å². The number of alkyl halides is 3. The summed E-state index contributed by atoms with van der Waals surface area (Å²) >= 11 is 1.98. The molecule has 0 amide bonds. The zero-order valence-corrected chi connectivity index (χ0v) is 13.9. The van der Waals surface area contributed by atoms with E-state index >= 15 is 0 Å². The molecule has 2 fully saturated rings. The summed E-state index contributed by atoms with van der Waals surface area (Å²) < 4.78 is 65.1. The van der Waals surface area contributed by atoms with E-state index in [0.29, 0.717) is 19.1 Å². The average molecular weight is 397 g/mol. The third-order valence-electron chi connectivity index (χ3n) is 4.61. The summed E-state index contributed by atoms with van der Waals surface area (Å²) in [6.07, 6.45) is 3.81. The summed E-state index contributed by atoms with van der Waals surface area (Å²) in [4.78, 5) is -3.76. The van der Waals surface area contributed by atoms with Crippen LogP contribution in [0, 0.1) is 23.5 Å². The summed E-state index contributed by atoms with van der Waals surface area (Å²) in [6.45, 7) is 0.907. The Morgan fingerprint density at radius 3 is 1.96 bits per heavy atom. The number of halogens is 5. The second kappa shape index (κ2) is 6.69. The van der Waals surface area contributed by atoms with E-state index in [2.05, 4.69) is 0 Å². The van der Waals surface area contributed by atoms with E-state index < -0.39 is 28.3 Å². The fraction of sp³-hybridized carbons (Fsp3) is 0.625. The van der Waals surface area contributed by atoms with Crippen molar-refractivity contribution in [2.24, 2.45) is 11.8 Å². The molecule has 1 aliphatic heterocycles. The van der Waals surface area contributed by atoms with Crippen LogP contribution in [0.4, 0.5) is 17.6 Å². The third-order valence-corrected chi connectivity index (χ3v) is 5.01. The van der Waals surface area contributed by atoms with Crippen LogP contribution in [0.25, 0.3) is 0 Å². The van der Waals surface area contributed by atoms with Crippen molar-refractivity contribution in [3.05, 3.63) is 34.9 Å². The van der Waals surface area contributed by atoms with Crippen molar-refractivity contribution in [3.8, 4) is 0 Å². The average Bonchev–Trinajstić information content (AvgIpc) is 2.99. The van der Waals surface area contributed by atoms with Crippen molar-refractivity contribution in [3.63, 3.8) is 0 Å². The molecule has 0 unspecified atom stereocenters. The van der Waals surface area contributed by atoms with Crippen LogP contribution < -0.4 is 0 Å². The zero-order chi connectivity index (χ0) is 16.6. The lowest BCUT2D eigenvalue weighted by Gasteiger charge is -2.33. The van der Waals surface area contributed by atoms with Crippen molar-refractivity contribution in [1.29, 1.82) is 0 Å². The molecule has 0 atom stereocenters. The highest BCUT2D eigenvalue weighted by Gasteiger charge is 2.36. The first-order valence-corrected chi connectivity index (χ1v) is 8.45. The van der Waals surface area contributed by atoms with Gasteiger partial charge in [0.1, 0.15) is 17.2 Å². The minimum absolute atomic E-state index is 0.0744. The van der Waals surface area contributed by atoms with Gasteiger partial charge in [-0.25, -0.2) is 8.78 Å². The fourth-order valence-corrected chi connectivity index (χ4v) is 3.79. The molecular formula is C16H17BrF4O2. The molecule has 128 valence electrons. The van der Waals surface area contributed by atoms with Gasteiger partial charge in [0.15, 0.2) is 6.29 Å². The molecule has 0 bridgehead atoms. The highest BCUT2D eigenvalue weighted by molar-refractivity contribution is 9.09. The predicted octanol–water partition coefficient (Wildman–Crippen LogP) is 5.26. The molecule has 7 heteroatoms. The summed E-state index contributed by atoms with van der Waals surface area (Å²) in [5.74, 6) is -1.80. The molecule has 0 N–H and O–H groups in total. The smallest absolute Gasteiger partial charge is 0.332 e. The number of rotatable bonds is 3. The lowest BCUT2D eigenvalue weighted by atomic mass is 9.91. The Morgan fingerprint density at radius 2 is 1.48 bits per heavy atom. The van der Waals surface area contributed by atoms with Crippen molar-refractivity contribution < 1.29 is 27.0 Å². The van der Waals surface area contributed by atoms with Gasteiger partial charge in [0.25, 0.3) is 0 Å². The van der Waals surface area contributed by atoms with E-state index in [-0.39, 0.29) is 11.5 Å². The molecule has 1 saturated heterocycles. The predicted molar refractivity (Wildman–Crippen MR) is 79.3 cm³/mol. The van der Waals surface area contributed by atoms with Crippen molar-refractivity contribution in [2.45, 2.75) is 36.8 Å². The maximum absolute atomic E-state index is 13.8. The monoisotopic (exact) mass is 396 g/mol. The Bertz CT molecular complexity index is 539. The van der Waals surface area contributed by atoms with E-state index in [0.717, 1.165) is 25.0 Å². The van der Waals surface area contributed by atoms with Crippen LogP contribution in [0.1, 0.15) is 43.1 Å². The van der Waals surface area contributed by atoms with E-state index in [9.17, 15) is 17.6 Å². The Morgan fingerprint density at radius 1 is 0.957 bits per heavy atom. The van der Waals surface area contributed by atoms with E-state index in [1.54, 1.807) is 0 Å². The molecule has 0 spiro atoms. The summed E-state index contributed by atoms with van der Waals surface area (Å²) in [5, 5.41) is 0. The van der Waals surface area contributed by atoms with Gasteiger partial charge < -0.3 is 9.47 Å². The molecule has 0 radical (unpaired) electrons. The molecule has 2 nitrogen and oxygen atoms in total. The highest BCUT2D eigenvalue weighted by Crippen LogP contribution is 2.40. The Balaban J connectivity index is 1.71. The first kappa shape index (κ1) is 17.2. The maximum Gasteiger partial charge on any atom is 0.332 e. The van der Waals surface area contributed by atoms with E-state index in [1.165, 1.54) is 12.8 Å². The zero-order valence-electron chi connectivity index (χ0n) is 12.3. The first-order valence-electron chi connectivity index (χ1n) is 7.65. The van der Waals surface area contributed by atoms with Crippen LogP contribution in [0.2, 0.25) is 0 Å². The summed E-state index contributed by atoms with van der Waals surface area (Å²) in [5.41, 5.74) is -1.23. The Labute approximate surface area is 140 Å². The van der Waals surface area contributed by atoms with Gasteiger partial charge in [-0.2, -0.15) is 8.78 Å². The molecule has 1 aliphatic carbocycles.